The Morgan fingerprint density at radius 3 is 2.45 bits per heavy atom. The smallest absolute Gasteiger partial charge is 0.249 e. The molecule has 1 aromatic heterocycles. The van der Waals surface area contributed by atoms with Crippen molar-refractivity contribution in [3.63, 3.8) is 0 Å². The SMILES string of the molecule is Cc1cccc(NC(=O)C=Cc2c(Cl)cccc2Cl)n1. The van der Waals surface area contributed by atoms with Crippen molar-refractivity contribution in [2.45, 2.75) is 6.92 Å². The first-order valence-corrected chi connectivity index (χ1v) is 6.68. The van der Waals surface area contributed by atoms with Gasteiger partial charge in [-0.25, -0.2) is 4.98 Å². The Morgan fingerprint density at radius 2 is 1.80 bits per heavy atom. The molecular weight excluding hydrogens is 295 g/mol. The van der Waals surface area contributed by atoms with Crippen LogP contribution in [0.15, 0.2) is 42.5 Å². The number of hydrogen-bond acceptors (Lipinski definition) is 2. The molecule has 1 heterocycles. The molecular formula is C15H12Cl2N2O. The minimum absolute atomic E-state index is 0.293. The normalized spacial score (nSPS) is 10.8. The zero-order chi connectivity index (χ0) is 14.5. The van der Waals surface area contributed by atoms with E-state index in [2.05, 4.69) is 10.3 Å². The van der Waals surface area contributed by atoms with Gasteiger partial charge in [0, 0.05) is 27.4 Å². The van der Waals surface area contributed by atoms with Crippen molar-refractivity contribution in [1.29, 1.82) is 0 Å². The topological polar surface area (TPSA) is 42.0 Å². The van der Waals surface area contributed by atoms with Gasteiger partial charge in [-0.3, -0.25) is 4.79 Å². The number of carbonyl (C=O) groups is 1. The van der Waals surface area contributed by atoms with Gasteiger partial charge in [-0.15, -0.1) is 0 Å². The van der Waals surface area contributed by atoms with Gasteiger partial charge in [0.25, 0.3) is 0 Å². The number of amides is 1. The molecule has 0 aliphatic rings. The molecule has 1 amide bonds. The minimum atomic E-state index is -0.293. The standard InChI is InChI=1S/C15H12Cl2N2O/c1-10-4-2-7-14(18-10)19-15(20)9-8-11-12(16)5-3-6-13(11)17/h2-9H,1H3,(H,18,19,20). The molecule has 0 unspecified atom stereocenters. The van der Waals surface area contributed by atoms with Gasteiger partial charge < -0.3 is 5.32 Å². The lowest BCUT2D eigenvalue weighted by atomic mass is 10.2. The van der Waals surface area contributed by atoms with Crippen LogP contribution in [0.4, 0.5) is 5.82 Å². The summed E-state index contributed by atoms with van der Waals surface area (Å²) in [5, 5.41) is 3.66. The number of aromatic nitrogens is 1. The fraction of sp³-hybridized carbons (Fsp3) is 0.0667. The van der Waals surface area contributed by atoms with Crippen LogP contribution >= 0.6 is 23.2 Å². The largest absolute Gasteiger partial charge is 0.307 e. The van der Waals surface area contributed by atoms with Gasteiger partial charge in [0.05, 0.1) is 0 Å². The summed E-state index contributed by atoms with van der Waals surface area (Å²) in [7, 11) is 0. The van der Waals surface area contributed by atoms with E-state index in [0.717, 1.165) is 5.69 Å². The summed E-state index contributed by atoms with van der Waals surface area (Å²) in [6.45, 7) is 1.86. The third-order valence-electron chi connectivity index (χ3n) is 2.54. The van der Waals surface area contributed by atoms with E-state index in [0.29, 0.717) is 21.4 Å². The summed E-state index contributed by atoms with van der Waals surface area (Å²) in [5.74, 6) is 0.212. The van der Waals surface area contributed by atoms with Gasteiger partial charge in [-0.1, -0.05) is 35.3 Å². The molecule has 0 bridgehead atoms. The highest BCUT2D eigenvalue weighted by atomic mass is 35.5. The number of halogens is 2. The Hall–Kier alpha value is -1.84. The molecule has 0 atom stereocenters. The van der Waals surface area contributed by atoms with Crippen molar-refractivity contribution in [3.05, 3.63) is 63.8 Å². The minimum Gasteiger partial charge on any atom is -0.307 e. The van der Waals surface area contributed by atoms with Gasteiger partial charge in [0.2, 0.25) is 5.91 Å². The van der Waals surface area contributed by atoms with E-state index in [1.54, 1.807) is 30.3 Å². The number of aryl methyl sites for hydroxylation is 1. The summed E-state index contributed by atoms with van der Waals surface area (Å²) in [6, 6.07) is 10.6. The average molecular weight is 307 g/mol. The molecule has 0 fully saturated rings. The maximum atomic E-state index is 11.8. The van der Waals surface area contributed by atoms with Crippen LogP contribution in [0.1, 0.15) is 11.3 Å². The number of pyridine rings is 1. The number of benzene rings is 1. The molecule has 2 rings (SSSR count). The number of hydrogen-bond donors (Lipinski definition) is 1. The van der Waals surface area contributed by atoms with E-state index in [1.807, 2.05) is 19.1 Å². The van der Waals surface area contributed by atoms with Crippen molar-refractivity contribution < 1.29 is 4.79 Å². The number of nitrogens with zero attached hydrogens (tertiary/aromatic N) is 1. The first kappa shape index (κ1) is 14.6. The molecule has 0 saturated carbocycles. The van der Waals surface area contributed by atoms with Crippen LogP contribution in [0.3, 0.4) is 0 Å². The Labute approximate surface area is 127 Å². The molecule has 0 saturated heterocycles. The highest BCUT2D eigenvalue weighted by Gasteiger charge is 2.03. The van der Waals surface area contributed by atoms with Crippen molar-refractivity contribution in [1.82, 2.24) is 4.98 Å². The first-order chi connectivity index (χ1) is 9.56. The average Bonchev–Trinajstić information content (AvgIpc) is 2.38. The third kappa shape index (κ3) is 3.83. The quantitative estimate of drug-likeness (QED) is 0.857. The monoisotopic (exact) mass is 306 g/mol. The van der Waals surface area contributed by atoms with Gasteiger partial charge in [0.15, 0.2) is 0 Å². The summed E-state index contributed by atoms with van der Waals surface area (Å²) in [5.41, 5.74) is 1.45. The Morgan fingerprint density at radius 1 is 1.15 bits per heavy atom. The molecule has 3 nitrogen and oxygen atoms in total. The van der Waals surface area contributed by atoms with Crippen molar-refractivity contribution >= 4 is 41.0 Å². The Bertz CT molecular complexity index is 648. The second-order valence-corrected chi connectivity index (χ2v) is 4.94. The van der Waals surface area contributed by atoms with Crippen LogP contribution in [-0.2, 0) is 4.79 Å². The van der Waals surface area contributed by atoms with Gasteiger partial charge in [-0.05, 0) is 37.3 Å². The second-order valence-electron chi connectivity index (χ2n) is 4.12. The maximum Gasteiger partial charge on any atom is 0.249 e. The third-order valence-corrected chi connectivity index (χ3v) is 3.20. The fourth-order valence-electron chi connectivity index (χ4n) is 1.61. The molecule has 102 valence electrons. The molecule has 0 radical (unpaired) electrons. The van der Waals surface area contributed by atoms with E-state index in [9.17, 15) is 4.79 Å². The molecule has 0 aliphatic heterocycles. The number of rotatable bonds is 3. The van der Waals surface area contributed by atoms with Gasteiger partial charge in [-0.2, -0.15) is 0 Å². The van der Waals surface area contributed by atoms with Crippen LogP contribution < -0.4 is 5.32 Å². The van der Waals surface area contributed by atoms with E-state index in [4.69, 9.17) is 23.2 Å². The lowest BCUT2D eigenvalue weighted by Gasteiger charge is -2.03. The molecule has 2 aromatic rings. The Balaban J connectivity index is 2.10. The molecule has 1 aromatic carbocycles. The number of anilines is 1. The zero-order valence-corrected chi connectivity index (χ0v) is 12.2. The lowest BCUT2D eigenvalue weighted by molar-refractivity contribution is -0.111. The van der Waals surface area contributed by atoms with Crippen molar-refractivity contribution in [2.75, 3.05) is 5.32 Å². The van der Waals surface area contributed by atoms with Crippen molar-refractivity contribution in [3.8, 4) is 0 Å². The lowest BCUT2D eigenvalue weighted by Crippen LogP contribution is -2.09. The van der Waals surface area contributed by atoms with E-state index in [-0.39, 0.29) is 5.91 Å². The second kappa shape index (κ2) is 6.55. The first-order valence-electron chi connectivity index (χ1n) is 5.93. The van der Waals surface area contributed by atoms with Crippen molar-refractivity contribution in [2.24, 2.45) is 0 Å². The highest BCUT2D eigenvalue weighted by molar-refractivity contribution is 6.37. The number of carbonyl (C=O) groups excluding carboxylic acids is 1. The predicted molar refractivity (Wildman–Crippen MR) is 83.1 cm³/mol. The predicted octanol–water partition coefficient (Wildman–Crippen LogP) is 4.35. The zero-order valence-electron chi connectivity index (χ0n) is 10.7. The molecule has 1 N–H and O–H groups in total. The van der Waals surface area contributed by atoms with Crippen LogP contribution in [-0.4, -0.2) is 10.9 Å². The maximum absolute atomic E-state index is 11.8. The van der Waals surface area contributed by atoms with E-state index < -0.39 is 0 Å². The molecule has 0 spiro atoms. The molecule has 0 aliphatic carbocycles. The number of nitrogens with one attached hydrogen (secondary N) is 1. The Kier molecular flexibility index (Phi) is 4.77. The summed E-state index contributed by atoms with van der Waals surface area (Å²) in [4.78, 5) is 16.0. The van der Waals surface area contributed by atoms with Gasteiger partial charge >= 0.3 is 0 Å². The highest BCUT2D eigenvalue weighted by Crippen LogP contribution is 2.25. The van der Waals surface area contributed by atoms with Gasteiger partial charge in [0.1, 0.15) is 5.82 Å². The van der Waals surface area contributed by atoms with Crippen LogP contribution in [0.2, 0.25) is 10.0 Å². The summed E-state index contributed by atoms with van der Waals surface area (Å²) >= 11 is 12.0. The van der Waals surface area contributed by atoms with E-state index in [1.165, 1.54) is 6.08 Å². The molecule has 20 heavy (non-hydrogen) atoms. The summed E-state index contributed by atoms with van der Waals surface area (Å²) in [6.07, 6.45) is 2.95. The van der Waals surface area contributed by atoms with E-state index >= 15 is 0 Å². The van der Waals surface area contributed by atoms with Crippen LogP contribution in [0.25, 0.3) is 6.08 Å². The molecule has 5 heteroatoms. The van der Waals surface area contributed by atoms with Crippen LogP contribution in [0, 0.1) is 6.92 Å². The van der Waals surface area contributed by atoms with Crippen LogP contribution in [0.5, 0.6) is 0 Å². The summed E-state index contributed by atoms with van der Waals surface area (Å²) < 4.78 is 0. The fourth-order valence-corrected chi connectivity index (χ4v) is 2.13.